The maximum absolute atomic E-state index is 15.5. The number of rotatable bonds is 26. The van der Waals surface area contributed by atoms with E-state index in [2.05, 4.69) is 47.5 Å². The van der Waals surface area contributed by atoms with Crippen LogP contribution in [0, 0.1) is 0 Å². The average molecular weight is 1520 g/mol. The second-order valence-electron chi connectivity index (χ2n) is 25.4. The second-order valence-corrected chi connectivity index (χ2v) is 27.9. The van der Waals surface area contributed by atoms with Crippen LogP contribution in [0.5, 0.6) is 0 Å². The van der Waals surface area contributed by atoms with Gasteiger partial charge in [-0.1, -0.05) is 113 Å². The van der Waals surface area contributed by atoms with E-state index in [1.54, 1.807) is 71.8 Å². The number of hydrogen-bond acceptors (Lipinski definition) is 24. The van der Waals surface area contributed by atoms with Gasteiger partial charge < -0.3 is 98.3 Å². The number of carbonyl (C=O) groups excluding carboxylic acids is 11. The molecule has 8 amide bonds. The number of carbonyl (C=O) groups is 11. The minimum atomic E-state index is -1.77. The topological polar surface area (TPSA) is 469 Å². The second kappa shape index (κ2) is 42.6. The van der Waals surface area contributed by atoms with Crippen molar-refractivity contribution in [1.82, 2.24) is 67.1 Å². The van der Waals surface area contributed by atoms with Crippen LogP contribution in [0.2, 0.25) is 0 Å². The first kappa shape index (κ1) is 83.8. The van der Waals surface area contributed by atoms with Gasteiger partial charge in [0.25, 0.3) is 0 Å². The smallest absolute Gasteiger partial charge is 0.549 e. The summed E-state index contributed by atoms with van der Waals surface area (Å²) in [5.74, 6) is -12.2. The number of aromatic nitrogens is 1. The molecule has 0 bridgehead atoms. The number of hydrogen-bond donors (Lipinski definition) is 13. The number of unbranched alkanes of at least 4 members (excludes halogenated alkanes) is 1. The van der Waals surface area contributed by atoms with Crippen LogP contribution in [0.4, 0.5) is 0 Å². The number of nitrogens with two attached hydrogens (primary N) is 1. The molecule has 0 radical (unpaired) electrons. The number of H-pyrrole nitrogens is 1. The SMILES string of the molecule is CC(O)C(CO)NC(=O)C1CSSCC(NC(=O)C(Cc2ccccc2)NC(=O)CN2CCN(CC(=O)[O-])CCN(CC(=O)[O-])CCN(CC(=O)[O-])CC2)C(=O)NC(Cc2cccc3ccccc23)C(=O)NC(Cc2c[nH]c3ccccc23)C(=O)NC(CCCCN)C(=O)NC(C(C)O)C(=O)N1.[Ga+3]. The summed E-state index contributed by atoms with van der Waals surface area (Å²) in [4.78, 5) is 164. The van der Waals surface area contributed by atoms with Gasteiger partial charge in [-0.25, -0.2) is 0 Å². The van der Waals surface area contributed by atoms with E-state index in [-0.39, 0.29) is 122 Å². The number of nitrogens with zero attached hydrogens (tertiary/aromatic N) is 4. The first-order valence-electron chi connectivity index (χ1n) is 33.8. The van der Waals surface area contributed by atoms with Gasteiger partial charge in [0.15, 0.2) is 0 Å². The molecule has 2 saturated heterocycles. The van der Waals surface area contributed by atoms with Gasteiger partial charge in [-0.3, -0.25) is 58.0 Å². The molecule has 3 heterocycles. The van der Waals surface area contributed by atoms with Crippen molar-refractivity contribution in [2.45, 2.75) is 113 Å². The van der Waals surface area contributed by atoms with Crippen molar-refractivity contribution < 1.29 is 83.4 Å². The number of aliphatic hydroxyl groups is 3. The zero-order chi connectivity index (χ0) is 73.8. The number of aliphatic carboxylic acids is 3. The normalized spacial score (nSPS) is 21.6. The summed E-state index contributed by atoms with van der Waals surface area (Å²) >= 11 is 0. The van der Waals surface area contributed by atoms with Crippen LogP contribution in [0.15, 0.2) is 103 Å². The van der Waals surface area contributed by atoms with E-state index < -0.39 is 158 Å². The van der Waals surface area contributed by atoms with Gasteiger partial charge in [-0.2, -0.15) is 0 Å². The van der Waals surface area contributed by atoms with Gasteiger partial charge in [0.1, 0.15) is 42.3 Å². The molecule has 2 fully saturated rings. The van der Waals surface area contributed by atoms with Gasteiger partial charge in [0.2, 0.25) is 47.3 Å². The Morgan fingerprint density at radius 1 is 0.583 bits per heavy atom. The largest absolute Gasteiger partial charge is 3.00 e. The maximum Gasteiger partial charge on any atom is 3.00 e. The summed E-state index contributed by atoms with van der Waals surface area (Å²) in [7, 11) is 1.84. The minimum absolute atomic E-state index is 0. The molecule has 0 aliphatic carbocycles. The summed E-state index contributed by atoms with van der Waals surface area (Å²) in [5.41, 5.74) is 8.28. The molecule has 0 spiro atoms. The summed E-state index contributed by atoms with van der Waals surface area (Å²) in [5, 5.41) is 91.2. The molecular formula is C69H91GaN14O17S2. The Hall–Kier alpha value is -8.13. The molecule has 10 atom stereocenters. The number of aromatic amines is 1. The molecule has 31 nitrogen and oxygen atoms in total. The summed E-state index contributed by atoms with van der Waals surface area (Å²) in [6, 6.07) is 16.3. The zero-order valence-electron chi connectivity index (χ0n) is 57.5. The van der Waals surface area contributed by atoms with Crippen molar-refractivity contribution in [3.8, 4) is 0 Å². The quantitative estimate of drug-likeness (QED) is 0.0139. The molecule has 14 N–H and O–H groups in total. The molecule has 2 aliphatic rings. The Balaban J connectivity index is 0.0000167. The summed E-state index contributed by atoms with van der Waals surface area (Å²) in [6.45, 7) is 0.163. The molecule has 34 heteroatoms. The van der Waals surface area contributed by atoms with E-state index in [0.29, 0.717) is 39.4 Å². The molecule has 0 saturated carbocycles. The van der Waals surface area contributed by atoms with Crippen molar-refractivity contribution in [3.05, 3.63) is 120 Å². The minimum Gasteiger partial charge on any atom is -0.549 e. The third kappa shape index (κ3) is 27.1. The monoisotopic (exact) mass is 1520 g/mol. The van der Waals surface area contributed by atoms with Gasteiger partial charge in [0.05, 0.1) is 49.3 Å². The fourth-order valence-electron chi connectivity index (χ4n) is 11.9. The van der Waals surface area contributed by atoms with Gasteiger partial charge in [-0.05, 0) is 73.2 Å². The zero-order valence-corrected chi connectivity index (χ0v) is 61.5. The van der Waals surface area contributed by atoms with Crippen molar-refractivity contribution in [2.24, 2.45) is 5.73 Å². The van der Waals surface area contributed by atoms with Crippen LogP contribution in [0.25, 0.3) is 21.7 Å². The first-order valence-corrected chi connectivity index (χ1v) is 36.2. The Labute approximate surface area is 617 Å². The van der Waals surface area contributed by atoms with E-state index in [0.717, 1.165) is 27.0 Å². The summed E-state index contributed by atoms with van der Waals surface area (Å²) in [6.07, 6.45) is -1.18. The average Bonchev–Trinajstić information content (AvgIpc) is 1.55. The molecule has 4 aromatic carbocycles. The fraction of sp³-hybridized carbons (Fsp3) is 0.493. The van der Waals surface area contributed by atoms with Gasteiger partial charge >= 0.3 is 19.8 Å². The fourth-order valence-corrected chi connectivity index (χ4v) is 14.2. The molecular weight excluding hydrogens is 1430 g/mol. The first-order chi connectivity index (χ1) is 48.9. The van der Waals surface area contributed by atoms with Crippen LogP contribution < -0.4 is 63.6 Å². The Morgan fingerprint density at radius 2 is 1.10 bits per heavy atom. The number of carboxylic acid groups (broad SMARTS) is 3. The van der Waals surface area contributed by atoms with Crippen molar-refractivity contribution in [3.63, 3.8) is 0 Å². The van der Waals surface area contributed by atoms with Gasteiger partial charge in [0, 0.05) is 120 Å². The third-order valence-corrected chi connectivity index (χ3v) is 19.9. The molecule has 554 valence electrons. The van der Waals surface area contributed by atoms with E-state index in [4.69, 9.17) is 5.73 Å². The molecule has 5 aromatic rings. The van der Waals surface area contributed by atoms with Crippen LogP contribution in [-0.2, 0) is 72.0 Å². The third-order valence-electron chi connectivity index (χ3n) is 17.5. The number of fused-ring (bicyclic) bond motifs is 2. The van der Waals surface area contributed by atoms with Crippen LogP contribution >= 0.6 is 21.6 Å². The number of aliphatic hydroxyl groups excluding tert-OH is 3. The predicted molar refractivity (Wildman–Crippen MR) is 380 cm³/mol. The Morgan fingerprint density at radius 3 is 1.67 bits per heavy atom. The van der Waals surface area contributed by atoms with E-state index in [9.17, 15) is 64.2 Å². The van der Waals surface area contributed by atoms with Crippen LogP contribution in [0.1, 0.15) is 49.8 Å². The van der Waals surface area contributed by atoms with Crippen molar-refractivity contribution >= 4 is 128 Å². The Kier molecular flexibility index (Phi) is 34.7. The molecule has 10 unspecified atom stereocenters. The predicted octanol–water partition coefficient (Wildman–Crippen LogP) is -6.40. The number of amides is 8. The molecule has 103 heavy (non-hydrogen) atoms. The standard InChI is InChI=1S/C69H94N14O17S2.Ga/c1-42(85)55(39-84)76-68(99)57-41-102-101-40-56(77-64(95)52(31-44-13-4-3-5-14-44)72-58(87)35-80-23-25-81(36-59(88)89)27-29-83(38-61(92)93)30-28-82(26-24-80)37-60(90)91)67(98)75-53(32-46-17-12-16-45-15-6-7-18-48(45)46)66(97)74-54(33-47-34-71-50-20-9-8-19-49(47)50)65(96)73-51(21-10-11-22-70)63(94)79-62(43(2)86)69(100)78-57;/h3-9,12-20,34,42-43,51-57,62,71,84-86H,10-11,21-33,35-41,70H2,1-2H3,(H,72,87)(H,73,96)(H,74,97)(H,75,98)(H,76,99)(H,77,95)(H,78,100)(H,79,94)(H,88,89)(H,90,91)(H,92,93);/q;+3/p-3. The number of nitrogens with one attached hydrogen (secondary N) is 9. The van der Waals surface area contributed by atoms with Crippen LogP contribution in [-0.4, -0.2) is 289 Å². The maximum atomic E-state index is 15.5. The number of carboxylic acids is 3. The molecule has 2 aliphatic heterocycles. The van der Waals surface area contributed by atoms with E-state index in [1.807, 2.05) is 36.4 Å². The van der Waals surface area contributed by atoms with Crippen LogP contribution in [0.3, 0.4) is 0 Å². The van der Waals surface area contributed by atoms with E-state index >= 15 is 19.2 Å². The number of benzene rings is 4. The molecule has 1 aromatic heterocycles. The summed E-state index contributed by atoms with van der Waals surface area (Å²) < 4.78 is 0. The van der Waals surface area contributed by atoms with Gasteiger partial charge in [-0.15, -0.1) is 0 Å². The van der Waals surface area contributed by atoms with Crippen molar-refractivity contribution in [1.29, 1.82) is 0 Å². The Bertz CT molecular complexity index is 3640. The molecule has 7 rings (SSSR count). The number of para-hydroxylation sites is 1. The van der Waals surface area contributed by atoms with E-state index in [1.165, 1.54) is 28.5 Å². The van der Waals surface area contributed by atoms with Crippen molar-refractivity contribution in [2.75, 3.05) is 103 Å².